The lowest BCUT2D eigenvalue weighted by atomic mass is 9.95. The number of piperidine rings is 1. The summed E-state index contributed by atoms with van der Waals surface area (Å²) in [4.78, 5) is 50.6. The first-order valence-corrected chi connectivity index (χ1v) is 9.20. The van der Waals surface area contributed by atoms with Gasteiger partial charge < -0.3 is 15.4 Å². The number of amides is 3. The van der Waals surface area contributed by atoms with Crippen LogP contribution in [0.2, 0.25) is 0 Å². The summed E-state index contributed by atoms with van der Waals surface area (Å²) in [6, 6.07) is 5.83. The summed E-state index contributed by atoms with van der Waals surface area (Å²) in [6.45, 7) is 3.29. The van der Waals surface area contributed by atoms with E-state index in [1.165, 1.54) is 4.90 Å². The van der Waals surface area contributed by atoms with Crippen molar-refractivity contribution < 1.29 is 28.8 Å². The Morgan fingerprint density at radius 1 is 1.19 bits per heavy atom. The third kappa shape index (κ3) is 3.85. The molecule has 0 aliphatic carbocycles. The zero-order valence-corrected chi connectivity index (χ0v) is 15.3. The zero-order chi connectivity index (χ0) is 19.6. The van der Waals surface area contributed by atoms with Crippen molar-refractivity contribution in [3.05, 3.63) is 29.8 Å². The van der Waals surface area contributed by atoms with E-state index < -0.39 is 12.0 Å². The largest absolute Gasteiger partial charge is 0.462 e. The molecule has 0 aromatic heterocycles. The van der Waals surface area contributed by atoms with E-state index in [0.29, 0.717) is 37.2 Å². The second-order valence-corrected chi connectivity index (χ2v) is 6.93. The van der Waals surface area contributed by atoms with Gasteiger partial charge >= 0.3 is 5.97 Å². The molecule has 8 nitrogen and oxygen atoms in total. The molecule has 2 fully saturated rings. The van der Waals surface area contributed by atoms with Gasteiger partial charge in [-0.05, 0) is 31.2 Å². The minimum Gasteiger partial charge on any atom is -0.462 e. The Bertz CT molecular complexity index is 753. The normalized spacial score (nSPS) is 25.5. The molecule has 2 aliphatic heterocycles. The predicted octanol–water partition coefficient (Wildman–Crippen LogP) is -0.725. The average Bonchev–Trinajstić information content (AvgIpc) is 2.96. The molecule has 2 aliphatic rings. The van der Waals surface area contributed by atoms with E-state index in [1.54, 1.807) is 31.2 Å². The number of benzene rings is 1. The molecule has 0 bridgehead atoms. The van der Waals surface area contributed by atoms with Crippen LogP contribution >= 0.6 is 0 Å². The van der Waals surface area contributed by atoms with Gasteiger partial charge in [0, 0.05) is 18.8 Å². The Balaban J connectivity index is 1.69. The number of anilines is 1. The van der Waals surface area contributed by atoms with Crippen molar-refractivity contribution in [2.24, 2.45) is 11.7 Å². The Labute approximate surface area is 157 Å². The number of ether oxygens (including phenoxy) is 1. The number of likely N-dealkylation sites (tertiary alicyclic amines) is 1. The molecule has 1 aromatic rings. The molecule has 2 heterocycles. The Hall–Kier alpha value is -2.74. The van der Waals surface area contributed by atoms with E-state index >= 15 is 0 Å². The maximum Gasteiger partial charge on any atom is 0.338 e. The summed E-state index contributed by atoms with van der Waals surface area (Å²) >= 11 is 0. The number of rotatable bonds is 5. The highest BCUT2D eigenvalue weighted by molar-refractivity contribution is 6.22. The van der Waals surface area contributed by atoms with Gasteiger partial charge in [0.05, 0.1) is 37.4 Å². The zero-order valence-electron chi connectivity index (χ0n) is 15.3. The first kappa shape index (κ1) is 19.0. The summed E-state index contributed by atoms with van der Waals surface area (Å²) in [6.07, 6.45) is 1.42. The molecule has 3 amide bonds. The molecule has 0 unspecified atom stereocenters. The summed E-state index contributed by atoms with van der Waals surface area (Å²) in [7, 11) is 0. The first-order chi connectivity index (χ1) is 12.9. The maximum atomic E-state index is 12.9. The monoisotopic (exact) mass is 374 g/mol. The quantitative estimate of drug-likeness (QED) is 0.522. The molecule has 144 valence electrons. The van der Waals surface area contributed by atoms with Gasteiger partial charge in [-0.1, -0.05) is 0 Å². The van der Waals surface area contributed by atoms with Gasteiger partial charge in [0.1, 0.15) is 0 Å². The van der Waals surface area contributed by atoms with E-state index in [4.69, 9.17) is 10.5 Å². The number of nitrogens with zero attached hydrogens (tertiary/aromatic N) is 1. The lowest BCUT2D eigenvalue weighted by Gasteiger charge is -2.30. The number of esters is 1. The topological polar surface area (TPSA) is 111 Å². The van der Waals surface area contributed by atoms with Crippen molar-refractivity contribution in [2.75, 3.05) is 24.6 Å². The lowest BCUT2D eigenvalue weighted by molar-refractivity contribution is -0.920. The van der Waals surface area contributed by atoms with Crippen molar-refractivity contribution in [2.45, 2.75) is 32.2 Å². The number of nitrogens with two attached hydrogens (primary N) is 1. The van der Waals surface area contributed by atoms with Crippen LogP contribution < -0.4 is 15.5 Å². The van der Waals surface area contributed by atoms with E-state index in [9.17, 15) is 19.2 Å². The van der Waals surface area contributed by atoms with Gasteiger partial charge in [-0.2, -0.15) is 0 Å². The lowest BCUT2D eigenvalue weighted by Crippen LogP contribution is -3.17. The number of hydrogen-bond donors (Lipinski definition) is 2. The number of quaternary nitrogens is 1. The van der Waals surface area contributed by atoms with Gasteiger partial charge in [-0.25, -0.2) is 9.69 Å². The molecular weight excluding hydrogens is 350 g/mol. The summed E-state index contributed by atoms with van der Waals surface area (Å²) in [5, 5.41) is 0. The summed E-state index contributed by atoms with van der Waals surface area (Å²) in [5.74, 6) is -1.38. The summed E-state index contributed by atoms with van der Waals surface area (Å²) < 4.78 is 4.93. The molecule has 27 heavy (non-hydrogen) atoms. The predicted molar refractivity (Wildman–Crippen MR) is 95.9 cm³/mol. The van der Waals surface area contributed by atoms with Crippen molar-refractivity contribution in [1.29, 1.82) is 0 Å². The number of carbonyl (C=O) groups is 4. The van der Waals surface area contributed by atoms with Gasteiger partial charge in [-0.3, -0.25) is 14.4 Å². The van der Waals surface area contributed by atoms with Crippen molar-refractivity contribution in [1.82, 2.24) is 0 Å². The van der Waals surface area contributed by atoms with Crippen LogP contribution in [0.5, 0.6) is 0 Å². The molecule has 2 saturated heterocycles. The first-order valence-electron chi connectivity index (χ1n) is 9.20. The fourth-order valence-electron chi connectivity index (χ4n) is 3.80. The Morgan fingerprint density at radius 2 is 1.81 bits per heavy atom. The van der Waals surface area contributed by atoms with Crippen LogP contribution in [0, 0.1) is 5.92 Å². The highest BCUT2D eigenvalue weighted by Gasteiger charge is 2.46. The molecule has 3 N–H and O–H groups in total. The van der Waals surface area contributed by atoms with Crippen LogP contribution in [0.25, 0.3) is 0 Å². The maximum absolute atomic E-state index is 12.9. The third-order valence-electron chi connectivity index (χ3n) is 5.31. The fourth-order valence-corrected chi connectivity index (χ4v) is 3.80. The van der Waals surface area contributed by atoms with Crippen LogP contribution in [0.1, 0.15) is 36.5 Å². The molecule has 0 spiro atoms. The van der Waals surface area contributed by atoms with E-state index in [1.807, 2.05) is 0 Å². The molecule has 0 radical (unpaired) electrons. The summed E-state index contributed by atoms with van der Waals surface area (Å²) in [5.41, 5.74) is 6.18. The average molecular weight is 374 g/mol. The third-order valence-corrected chi connectivity index (χ3v) is 5.31. The van der Waals surface area contributed by atoms with Crippen molar-refractivity contribution in [3.63, 3.8) is 0 Å². The number of imide groups is 1. The number of carbonyl (C=O) groups excluding carboxylic acids is 4. The molecule has 3 rings (SSSR count). The standard InChI is InChI=1S/C19H23N3O5/c1-2-27-19(26)13-3-5-14(6-4-13)22-16(23)11-15(18(22)25)21-9-7-12(8-10-21)17(20)24/h3-6,12,15H,2,7-11H2,1H3,(H2,20,24)/p+1/t15-/m0/s1. The molecule has 0 saturated carbocycles. The van der Waals surface area contributed by atoms with Crippen LogP contribution in [0.4, 0.5) is 5.69 Å². The number of nitrogens with one attached hydrogen (secondary N) is 1. The Kier molecular flexibility index (Phi) is 5.55. The van der Waals surface area contributed by atoms with Crippen molar-refractivity contribution >= 4 is 29.4 Å². The minimum absolute atomic E-state index is 0.146. The second kappa shape index (κ2) is 7.87. The van der Waals surface area contributed by atoms with Crippen LogP contribution in [-0.2, 0) is 19.1 Å². The molecular formula is C19H24N3O5+. The molecule has 8 heteroatoms. The highest BCUT2D eigenvalue weighted by atomic mass is 16.5. The Morgan fingerprint density at radius 3 is 2.37 bits per heavy atom. The molecule has 1 atom stereocenters. The minimum atomic E-state index is -0.442. The molecule has 1 aromatic carbocycles. The van der Waals surface area contributed by atoms with Crippen molar-refractivity contribution in [3.8, 4) is 0 Å². The van der Waals surface area contributed by atoms with Crippen LogP contribution in [0.15, 0.2) is 24.3 Å². The van der Waals surface area contributed by atoms with E-state index in [0.717, 1.165) is 4.90 Å². The van der Waals surface area contributed by atoms with Crippen LogP contribution in [0.3, 0.4) is 0 Å². The van der Waals surface area contributed by atoms with E-state index in [-0.39, 0.29) is 36.7 Å². The van der Waals surface area contributed by atoms with E-state index in [2.05, 4.69) is 0 Å². The SMILES string of the molecule is CCOC(=O)c1ccc(N2C(=O)C[C@H]([NH+]3CCC(C(N)=O)CC3)C2=O)cc1. The number of primary amides is 1. The number of hydrogen-bond acceptors (Lipinski definition) is 5. The van der Waals surface area contributed by atoms with Gasteiger partial charge in [0.15, 0.2) is 6.04 Å². The smallest absolute Gasteiger partial charge is 0.338 e. The second-order valence-electron chi connectivity index (χ2n) is 6.93. The van der Waals surface area contributed by atoms with Crippen LogP contribution in [-0.4, -0.2) is 49.4 Å². The van der Waals surface area contributed by atoms with Gasteiger partial charge in [0.2, 0.25) is 11.8 Å². The highest BCUT2D eigenvalue weighted by Crippen LogP contribution is 2.23. The fraction of sp³-hybridized carbons (Fsp3) is 0.474. The van der Waals surface area contributed by atoms with Gasteiger partial charge in [-0.15, -0.1) is 0 Å². The van der Waals surface area contributed by atoms with Gasteiger partial charge in [0.25, 0.3) is 5.91 Å².